The minimum absolute atomic E-state index is 0.172. The molecule has 2 saturated heterocycles. The van der Waals surface area contributed by atoms with Crippen LogP contribution in [0.15, 0.2) is 0 Å². The van der Waals surface area contributed by atoms with Crippen molar-refractivity contribution in [2.45, 2.75) is 45.6 Å². The van der Waals surface area contributed by atoms with Crippen molar-refractivity contribution in [3.8, 4) is 0 Å². The van der Waals surface area contributed by atoms with Crippen LogP contribution >= 0.6 is 0 Å². The molecular formula is C13H20N2O4. The fourth-order valence-corrected chi connectivity index (χ4v) is 2.63. The highest BCUT2D eigenvalue weighted by Crippen LogP contribution is 2.37. The monoisotopic (exact) mass is 268 g/mol. The standard InChI is InChI=1S/C13H20N2O4/c1-12(2,3)19-11(18)15-6-4-5-13(8-15)7-9(16)14-10(13)17/h4-8H2,1-3H3,(H,14,16,17)/t13-/m0/s1. The van der Waals surface area contributed by atoms with Crippen LogP contribution < -0.4 is 5.32 Å². The maximum absolute atomic E-state index is 12.0. The molecule has 0 radical (unpaired) electrons. The second kappa shape index (κ2) is 4.51. The molecule has 1 atom stereocenters. The van der Waals surface area contributed by atoms with Gasteiger partial charge in [-0.15, -0.1) is 0 Å². The first-order chi connectivity index (χ1) is 8.72. The zero-order valence-corrected chi connectivity index (χ0v) is 11.6. The second-order valence-corrected chi connectivity index (χ2v) is 6.34. The predicted molar refractivity (Wildman–Crippen MR) is 67.2 cm³/mol. The molecule has 0 bridgehead atoms. The van der Waals surface area contributed by atoms with Crippen molar-refractivity contribution in [3.63, 3.8) is 0 Å². The van der Waals surface area contributed by atoms with Gasteiger partial charge in [0.2, 0.25) is 11.8 Å². The first-order valence-corrected chi connectivity index (χ1v) is 6.54. The van der Waals surface area contributed by atoms with E-state index >= 15 is 0 Å². The number of carbonyl (C=O) groups excluding carboxylic acids is 3. The molecule has 3 amide bonds. The minimum atomic E-state index is -0.744. The SMILES string of the molecule is CC(C)(C)OC(=O)N1CCC[C@]2(CC(=O)NC2=O)C1. The highest BCUT2D eigenvalue weighted by molar-refractivity contribution is 6.06. The Morgan fingerprint density at radius 2 is 2.05 bits per heavy atom. The summed E-state index contributed by atoms with van der Waals surface area (Å²) in [6.07, 6.45) is 1.10. The lowest BCUT2D eigenvalue weighted by Crippen LogP contribution is -2.50. The molecule has 6 heteroatoms. The molecule has 6 nitrogen and oxygen atoms in total. The van der Waals surface area contributed by atoms with Crippen LogP contribution in [0.1, 0.15) is 40.0 Å². The molecule has 0 aromatic heterocycles. The Hall–Kier alpha value is -1.59. The lowest BCUT2D eigenvalue weighted by Gasteiger charge is -2.38. The number of carbonyl (C=O) groups is 3. The number of likely N-dealkylation sites (tertiary alicyclic amines) is 1. The number of hydrogen-bond donors (Lipinski definition) is 1. The summed E-state index contributed by atoms with van der Waals surface area (Å²) in [5.74, 6) is -0.512. The van der Waals surface area contributed by atoms with Crippen molar-refractivity contribution in [1.82, 2.24) is 10.2 Å². The summed E-state index contributed by atoms with van der Waals surface area (Å²) in [6, 6.07) is 0. The lowest BCUT2D eigenvalue weighted by molar-refractivity contribution is -0.130. The summed E-state index contributed by atoms with van der Waals surface area (Å²) in [4.78, 5) is 36.8. The fraction of sp³-hybridized carbons (Fsp3) is 0.769. The molecule has 1 N–H and O–H groups in total. The largest absolute Gasteiger partial charge is 0.444 e. The highest BCUT2D eigenvalue weighted by Gasteiger charge is 2.50. The van der Waals surface area contributed by atoms with Crippen LogP contribution in [0.4, 0.5) is 4.79 Å². The maximum atomic E-state index is 12.0. The van der Waals surface area contributed by atoms with Gasteiger partial charge < -0.3 is 9.64 Å². The van der Waals surface area contributed by atoms with Crippen LogP contribution in [-0.2, 0) is 14.3 Å². The van der Waals surface area contributed by atoms with E-state index in [0.717, 1.165) is 0 Å². The van der Waals surface area contributed by atoms with Gasteiger partial charge in [0, 0.05) is 19.5 Å². The van der Waals surface area contributed by atoms with Gasteiger partial charge in [-0.05, 0) is 33.6 Å². The number of rotatable bonds is 0. The molecule has 1 spiro atoms. The van der Waals surface area contributed by atoms with E-state index in [9.17, 15) is 14.4 Å². The van der Waals surface area contributed by atoms with E-state index in [0.29, 0.717) is 19.4 Å². The first-order valence-electron chi connectivity index (χ1n) is 6.54. The summed E-state index contributed by atoms with van der Waals surface area (Å²) in [7, 11) is 0. The molecule has 2 heterocycles. The summed E-state index contributed by atoms with van der Waals surface area (Å²) in [6.45, 7) is 6.24. The van der Waals surface area contributed by atoms with Crippen molar-refractivity contribution in [3.05, 3.63) is 0 Å². The molecular weight excluding hydrogens is 248 g/mol. The number of imide groups is 1. The lowest BCUT2D eigenvalue weighted by atomic mass is 9.78. The Balaban J connectivity index is 2.07. The number of ether oxygens (including phenoxy) is 1. The van der Waals surface area contributed by atoms with E-state index in [4.69, 9.17) is 4.74 Å². The Labute approximate surface area is 112 Å². The molecule has 2 fully saturated rings. The van der Waals surface area contributed by atoms with E-state index in [-0.39, 0.29) is 24.8 Å². The summed E-state index contributed by atoms with van der Waals surface area (Å²) < 4.78 is 5.31. The van der Waals surface area contributed by atoms with E-state index in [1.54, 1.807) is 20.8 Å². The van der Waals surface area contributed by atoms with Gasteiger partial charge in [0.25, 0.3) is 0 Å². The smallest absolute Gasteiger partial charge is 0.410 e. The van der Waals surface area contributed by atoms with Gasteiger partial charge in [0.1, 0.15) is 5.60 Å². The van der Waals surface area contributed by atoms with Crippen molar-refractivity contribution in [1.29, 1.82) is 0 Å². The van der Waals surface area contributed by atoms with Gasteiger partial charge >= 0.3 is 6.09 Å². The third kappa shape index (κ3) is 2.88. The Morgan fingerprint density at radius 3 is 2.58 bits per heavy atom. The Bertz CT molecular complexity index is 427. The molecule has 0 aromatic rings. The van der Waals surface area contributed by atoms with Gasteiger partial charge in [-0.1, -0.05) is 0 Å². The Kier molecular flexibility index (Phi) is 3.28. The zero-order valence-electron chi connectivity index (χ0n) is 11.6. The van der Waals surface area contributed by atoms with E-state index < -0.39 is 17.1 Å². The average Bonchev–Trinajstić information content (AvgIpc) is 2.51. The molecule has 0 unspecified atom stereocenters. The van der Waals surface area contributed by atoms with Gasteiger partial charge in [0.15, 0.2) is 0 Å². The Morgan fingerprint density at radius 1 is 1.37 bits per heavy atom. The molecule has 0 saturated carbocycles. The topological polar surface area (TPSA) is 75.7 Å². The van der Waals surface area contributed by atoms with Gasteiger partial charge in [0.05, 0.1) is 5.41 Å². The zero-order chi connectivity index (χ0) is 14.3. The number of piperidine rings is 1. The molecule has 2 aliphatic rings. The number of amides is 3. The van der Waals surface area contributed by atoms with Crippen molar-refractivity contribution in [2.24, 2.45) is 5.41 Å². The predicted octanol–water partition coefficient (Wildman–Crippen LogP) is 1.05. The van der Waals surface area contributed by atoms with Crippen LogP contribution in [0.2, 0.25) is 0 Å². The van der Waals surface area contributed by atoms with E-state index in [2.05, 4.69) is 5.32 Å². The summed E-state index contributed by atoms with van der Waals surface area (Å²) in [5, 5.41) is 2.33. The van der Waals surface area contributed by atoms with Gasteiger partial charge in [-0.3, -0.25) is 14.9 Å². The van der Waals surface area contributed by atoms with Crippen LogP contribution in [0.3, 0.4) is 0 Å². The average molecular weight is 268 g/mol. The van der Waals surface area contributed by atoms with Crippen LogP contribution in [-0.4, -0.2) is 41.5 Å². The summed E-state index contributed by atoms with van der Waals surface area (Å²) in [5.41, 5.74) is -1.30. The molecule has 0 aromatic carbocycles. The van der Waals surface area contributed by atoms with Crippen molar-refractivity contribution in [2.75, 3.05) is 13.1 Å². The number of nitrogens with zero attached hydrogens (tertiary/aromatic N) is 1. The van der Waals surface area contributed by atoms with Crippen LogP contribution in [0.25, 0.3) is 0 Å². The third-order valence-corrected chi connectivity index (χ3v) is 3.46. The molecule has 0 aliphatic carbocycles. The molecule has 19 heavy (non-hydrogen) atoms. The van der Waals surface area contributed by atoms with Crippen molar-refractivity contribution >= 4 is 17.9 Å². The normalized spacial score (nSPS) is 27.6. The first kappa shape index (κ1) is 13.8. The van der Waals surface area contributed by atoms with Gasteiger partial charge in [-0.2, -0.15) is 0 Å². The molecule has 2 rings (SSSR count). The van der Waals surface area contributed by atoms with Crippen LogP contribution in [0, 0.1) is 5.41 Å². The highest BCUT2D eigenvalue weighted by atomic mass is 16.6. The van der Waals surface area contributed by atoms with Crippen molar-refractivity contribution < 1.29 is 19.1 Å². The maximum Gasteiger partial charge on any atom is 0.410 e. The number of hydrogen-bond acceptors (Lipinski definition) is 4. The quantitative estimate of drug-likeness (QED) is 0.666. The van der Waals surface area contributed by atoms with Crippen LogP contribution in [0.5, 0.6) is 0 Å². The van der Waals surface area contributed by atoms with Gasteiger partial charge in [-0.25, -0.2) is 4.79 Å². The minimum Gasteiger partial charge on any atom is -0.444 e. The molecule has 106 valence electrons. The summed E-state index contributed by atoms with van der Waals surface area (Å²) >= 11 is 0. The van der Waals surface area contributed by atoms with E-state index in [1.165, 1.54) is 4.90 Å². The molecule has 2 aliphatic heterocycles. The number of nitrogens with one attached hydrogen (secondary N) is 1. The second-order valence-electron chi connectivity index (χ2n) is 6.34. The third-order valence-electron chi connectivity index (χ3n) is 3.46. The fourth-order valence-electron chi connectivity index (χ4n) is 2.63. The van der Waals surface area contributed by atoms with E-state index in [1.807, 2.05) is 0 Å².